The van der Waals surface area contributed by atoms with Crippen LogP contribution < -0.4 is 5.73 Å². The fraction of sp³-hybridized carbons (Fsp3) is 0.125. The second-order valence-electron chi connectivity index (χ2n) is 2.57. The molecule has 5 heteroatoms. The van der Waals surface area contributed by atoms with Crippen LogP contribution in [0.4, 0.5) is 5.69 Å². The molecule has 0 saturated heterocycles. The van der Waals surface area contributed by atoms with E-state index in [1.54, 1.807) is 0 Å². The Labute approximate surface area is 80.5 Å². The molecular formula is C8H9ClN2O2. The summed E-state index contributed by atoms with van der Waals surface area (Å²) in [4.78, 5) is 11.2. The summed E-state index contributed by atoms with van der Waals surface area (Å²) in [5.74, 6) is -0.526. The van der Waals surface area contributed by atoms with E-state index in [2.05, 4.69) is 0 Å². The Balaban J connectivity index is 3.04. The van der Waals surface area contributed by atoms with E-state index in [1.807, 2.05) is 0 Å². The van der Waals surface area contributed by atoms with Crippen LogP contribution in [-0.4, -0.2) is 23.2 Å². The number of nitrogen functional groups attached to an aromatic ring is 1. The molecule has 1 amide bonds. The zero-order valence-electron chi connectivity index (χ0n) is 6.99. The molecule has 0 heterocycles. The normalized spacial score (nSPS) is 9.77. The van der Waals surface area contributed by atoms with Crippen LogP contribution in [0.5, 0.6) is 0 Å². The lowest BCUT2D eigenvalue weighted by Crippen LogP contribution is -2.22. The summed E-state index contributed by atoms with van der Waals surface area (Å²) in [6.45, 7) is 0. The summed E-state index contributed by atoms with van der Waals surface area (Å²) in [7, 11) is 1.24. The third-order valence-electron chi connectivity index (χ3n) is 1.54. The first kappa shape index (κ1) is 9.83. The van der Waals surface area contributed by atoms with Crippen LogP contribution in [0, 0.1) is 0 Å². The third-order valence-corrected chi connectivity index (χ3v) is 1.87. The van der Waals surface area contributed by atoms with E-state index in [1.165, 1.54) is 25.2 Å². The number of halogens is 1. The minimum Gasteiger partial charge on any atom is -0.398 e. The molecule has 0 fully saturated rings. The number of hydrogen-bond donors (Lipinski definition) is 2. The van der Waals surface area contributed by atoms with Crippen LogP contribution in [0.15, 0.2) is 18.2 Å². The predicted molar refractivity (Wildman–Crippen MR) is 49.7 cm³/mol. The molecule has 13 heavy (non-hydrogen) atoms. The summed E-state index contributed by atoms with van der Waals surface area (Å²) < 4.78 is 0. The first-order valence-electron chi connectivity index (χ1n) is 3.54. The van der Waals surface area contributed by atoms with Crippen LogP contribution >= 0.6 is 11.6 Å². The smallest absolute Gasteiger partial charge is 0.277 e. The largest absolute Gasteiger partial charge is 0.398 e. The Morgan fingerprint density at radius 2 is 2.23 bits per heavy atom. The van der Waals surface area contributed by atoms with Gasteiger partial charge in [-0.2, -0.15) is 0 Å². The van der Waals surface area contributed by atoms with Crippen LogP contribution in [0.25, 0.3) is 0 Å². The maximum atomic E-state index is 11.2. The van der Waals surface area contributed by atoms with Gasteiger partial charge in [-0.3, -0.25) is 10.0 Å². The molecule has 0 aliphatic rings. The number of rotatable bonds is 1. The van der Waals surface area contributed by atoms with Crippen molar-refractivity contribution in [3.05, 3.63) is 28.8 Å². The second kappa shape index (κ2) is 3.64. The quantitative estimate of drug-likeness (QED) is 0.409. The van der Waals surface area contributed by atoms with Crippen LogP contribution in [0.3, 0.4) is 0 Å². The van der Waals surface area contributed by atoms with E-state index in [0.29, 0.717) is 21.3 Å². The highest BCUT2D eigenvalue weighted by molar-refractivity contribution is 6.33. The number of amides is 1. The van der Waals surface area contributed by atoms with Crippen molar-refractivity contribution >= 4 is 23.2 Å². The Morgan fingerprint density at radius 3 is 2.69 bits per heavy atom. The molecule has 0 aliphatic heterocycles. The van der Waals surface area contributed by atoms with Gasteiger partial charge < -0.3 is 5.73 Å². The van der Waals surface area contributed by atoms with E-state index >= 15 is 0 Å². The third kappa shape index (κ3) is 2.11. The van der Waals surface area contributed by atoms with Gasteiger partial charge in [0.05, 0.1) is 10.7 Å². The minimum absolute atomic E-state index is 0.296. The summed E-state index contributed by atoms with van der Waals surface area (Å²) >= 11 is 5.69. The van der Waals surface area contributed by atoms with Crippen molar-refractivity contribution in [1.29, 1.82) is 0 Å². The average molecular weight is 201 g/mol. The number of carbonyl (C=O) groups is 1. The topological polar surface area (TPSA) is 66.6 Å². The van der Waals surface area contributed by atoms with Crippen molar-refractivity contribution in [3.63, 3.8) is 0 Å². The van der Waals surface area contributed by atoms with Gasteiger partial charge in [0.1, 0.15) is 0 Å². The summed E-state index contributed by atoms with van der Waals surface area (Å²) in [6.07, 6.45) is 0. The highest BCUT2D eigenvalue weighted by Crippen LogP contribution is 2.19. The lowest BCUT2D eigenvalue weighted by molar-refractivity contribution is -0.0374. The zero-order chi connectivity index (χ0) is 10.0. The molecule has 3 N–H and O–H groups in total. The molecule has 0 radical (unpaired) electrons. The highest BCUT2D eigenvalue weighted by atomic mass is 35.5. The van der Waals surface area contributed by atoms with E-state index in [0.717, 1.165) is 0 Å². The van der Waals surface area contributed by atoms with Crippen molar-refractivity contribution < 1.29 is 10.0 Å². The molecule has 0 atom stereocenters. The molecule has 0 unspecified atom stereocenters. The average Bonchev–Trinajstić information content (AvgIpc) is 2.08. The lowest BCUT2D eigenvalue weighted by atomic mass is 10.2. The van der Waals surface area contributed by atoms with Crippen LogP contribution in [0.1, 0.15) is 10.4 Å². The van der Waals surface area contributed by atoms with Gasteiger partial charge in [-0.1, -0.05) is 11.6 Å². The van der Waals surface area contributed by atoms with Crippen molar-refractivity contribution in [2.75, 3.05) is 12.8 Å². The van der Waals surface area contributed by atoms with Crippen molar-refractivity contribution in [2.45, 2.75) is 0 Å². The molecule has 0 saturated carbocycles. The summed E-state index contributed by atoms with van der Waals surface area (Å²) in [5, 5.41) is 9.63. The first-order chi connectivity index (χ1) is 6.02. The van der Waals surface area contributed by atoms with Crippen molar-refractivity contribution in [1.82, 2.24) is 5.06 Å². The van der Waals surface area contributed by atoms with Gasteiger partial charge in [-0.05, 0) is 18.2 Å². The Bertz CT molecular complexity index is 339. The molecule has 70 valence electrons. The number of hydroxylamine groups is 2. The number of nitrogens with two attached hydrogens (primary N) is 1. The van der Waals surface area contributed by atoms with Gasteiger partial charge in [-0.15, -0.1) is 0 Å². The fourth-order valence-corrected chi connectivity index (χ4v) is 1.03. The molecule has 0 bridgehead atoms. The van der Waals surface area contributed by atoms with E-state index in [4.69, 9.17) is 22.5 Å². The Hall–Kier alpha value is -1.26. The van der Waals surface area contributed by atoms with Gasteiger partial charge in [0.25, 0.3) is 5.91 Å². The predicted octanol–water partition coefficient (Wildman–Crippen LogP) is 1.38. The maximum absolute atomic E-state index is 11.2. The van der Waals surface area contributed by atoms with Crippen molar-refractivity contribution in [2.24, 2.45) is 0 Å². The number of anilines is 1. The highest BCUT2D eigenvalue weighted by Gasteiger charge is 2.10. The van der Waals surface area contributed by atoms with Gasteiger partial charge >= 0.3 is 0 Å². The summed E-state index contributed by atoms with van der Waals surface area (Å²) in [6, 6.07) is 4.42. The molecular weight excluding hydrogens is 192 g/mol. The fourth-order valence-electron chi connectivity index (χ4n) is 0.847. The SMILES string of the molecule is CN(O)C(=O)c1ccc(N)c(Cl)c1. The monoisotopic (exact) mass is 200 g/mol. The Morgan fingerprint density at radius 1 is 1.62 bits per heavy atom. The molecule has 1 rings (SSSR count). The molecule has 1 aromatic carbocycles. The van der Waals surface area contributed by atoms with Gasteiger partial charge in [0, 0.05) is 12.6 Å². The van der Waals surface area contributed by atoms with E-state index in [-0.39, 0.29) is 0 Å². The lowest BCUT2D eigenvalue weighted by Gasteiger charge is -2.08. The van der Waals surface area contributed by atoms with Gasteiger partial charge in [0.15, 0.2) is 0 Å². The van der Waals surface area contributed by atoms with Gasteiger partial charge in [-0.25, -0.2) is 5.06 Å². The van der Waals surface area contributed by atoms with E-state index in [9.17, 15) is 4.79 Å². The number of carbonyl (C=O) groups excluding carboxylic acids is 1. The van der Waals surface area contributed by atoms with Crippen molar-refractivity contribution in [3.8, 4) is 0 Å². The minimum atomic E-state index is -0.526. The van der Waals surface area contributed by atoms with Gasteiger partial charge in [0.2, 0.25) is 0 Å². The molecule has 0 aromatic heterocycles. The first-order valence-corrected chi connectivity index (χ1v) is 3.92. The number of benzene rings is 1. The number of nitrogens with zero attached hydrogens (tertiary/aromatic N) is 1. The molecule has 0 spiro atoms. The second-order valence-corrected chi connectivity index (χ2v) is 2.97. The number of hydrogen-bond acceptors (Lipinski definition) is 3. The summed E-state index contributed by atoms with van der Waals surface area (Å²) in [5.41, 5.74) is 6.14. The standard InChI is InChI=1S/C8H9ClN2O2/c1-11(13)8(12)5-2-3-7(10)6(9)4-5/h2-4,13H,10H2,1H3. The van der Waals surface area contributed by atoms with Crippen LogP contribution in [0.2, 0.25) is 5.02 Å². The van der Waals surface area contributed by atoms with E-state index < -0.39 is 5.91 Å². The molecule has 1 aromatic rings. The Kier molecular flexibility index (Phi) is 2.75. The molecule has 0 aliphatic carbocycles. The zero-order valence-corrected chi connectivity index (χ0v) is 7.75. The maximum Gasteiger partial charge on any atom is 0.277 e. The molecule has 4 nitrogen and oxygen atoms in total. The van der Waals surface area contributed by atoms with Crippen LogP contribution in [-0.2, 0) is 0 Å².